The van der Waals surface area contributed by atoms with Crippen molar-refractivity contribution < 1.29 is 23.8 Å². The molecule has 0 spiro atoms. The van der Waals surface area contributed by atoms with Crippen molar-refractivity contribution in [1.82, 2.24) is 5.43 Å². The molecular weight excluding hydrogens is 456 g/mol. The van der Waals surface area contributed by atoms with Crippen molar-refractivity contribution >= 4 is 28.9 Å². The number of benzene rings is 4. The topological polar surface area (TPSA) is 86.2 Å². The predicted octanol–water partition coefficient (Wildman–Crippen LogP) is 5.62. The lowest BCUT2D eigenvalue weighted by Gasteiger charge is -2.10. The van der Waals surface area contributed by atoms with Crippen LogP contribution < -0.4 is 19.6 Å². The van der Waals surface area contributed by atoms with Crippen molar-refractivity contribution in [3.05, 3.63) is 102 Å². The summed E-state index contributed by atoms with van der Waals surface area (Å²) >= 11 is 0. The minimum atomic E-state index is -0.515. The fraction of sp³-hybridized carbons (Fsp3) is 0.138. The fourth-order valence-electron chi connectivity index (χ4n) is 3.56. The first-order valence-corrected chi connectivity index (χ1v) is 11.5. The number of hydrogen-bond donors (Lipinski definition) is 1. The predicted molar refractivity (Wildman–Crippen MR) is 139 cm³/mol. The molecule has 4 aromatic carbocycles. The van der Waals surface area contributed by atoms with Gasteiger partial charge < -0.3 is 14.2 Å². The molecule has 0 unspecified atom stereocenters. The normalized spacial score (nSPS) is 10.8. The van der Waals surface area contributed by atoms with Crippen molar-refractivity contribution in [3.63, 3.8) is 0 Å². The zero-order valence-corrected chi connectivity index (χ0v) is 20.1. The van der Waals surface area contributed by atoms with Gasteiger partial charge in [-0.15, -0.1) is 0 Å². The van der Waals surface area contributed by atoms with Crippen molar-refractivity contribution in [3.8, 4) is 17.2 Å². The largest absolute Gasteiger partial charge is 0.494 e. The van der Waals surface area contributed by atoms with Crippen LogP contribution in [0.25, 0.3) is 10.8 Å². The molecule has 0 fully saturated rings. The molecule has 7 nitrogen and oxygen atoms in total. The van der Waals surface area contributed by atoms with Crippen LogP contribution >= 0.6 is 0 Å². The molecule has 1 N–H and O–H groups in total. The highest BCUT2D eigenvalue weighted by molar-refractivity contribution is 6.07. The lowest BCUT2D eigenvalue weighted by atomic mass is 10.0. The van der Waals surface area contributed by atoms with Crippen LogP contribution in [0.3, 0.4) is 0 Å². The highest BCUT2D eigenvalue weighted by Crippen LogP contribution is 2.28. The Bertz CT molecular complexity index is 1390. The number of hydrazone groups is 1. The van der Waals surface area contributed by atoms with Crippen molar-refractivity contribution in [2.24, 2.45) is 5.10 Å². The number of esters is 1. The van der Waals surface area contributed by atoms with Crippen LogP contribution in [0.5, 0.6) is 17.2 Å². The van der Waals surface area contributed by atoms with Crippen LogP contribution in [-0.2, 0) is 0 Å². The van der Waals surface area contributed by atoms with Gasteiger partial charge in [-0.1, -0.05) is 43.3 Å². The third kappa shape index (κ3) is 5.88. The first-order valence-electron chi connectivity index (χ1n) is 11.5. The Morgan fingerprint density at radius 3 is 2.47 bits per heavy atom. The van der Waals surface area contributed by atoms with Crippen LogP contribution in [0.1, 0.15) is 39.6 Å². The van der Waals surface area contributed by atoms with Crippen LogP contribution in [0.2, 0.25) is 0 Å². The summed E-state index contributed by atoms with van der Waals surface area (Å²) in [5.74, 6) is 0.495. The first-order chi connectivity index (χ1) is 17.6. The van der Waals surface area contributed by atoms with Gasteiger partial charge in [0.1, 0.15) is 5.75 Å². The molecule has 0 bridgehead atoms. The van der Waals surface area contributed by atoms with E-state index in [-0.39, 0.29) is 11.7 Å². The van der Waals surface area contributed by atoms with E-state index in [1.807, 2.05) is 43.3 Å². The van der Waals surface area contributed by atoms with Crippen molar-refractivity contribution in [2.75, 3.05) is 13.7 Å². The summed E-state index contributed by atoms with van der Waals surface area (Å²) in [6.45, 7) is 2.64. The van der Waals surface area contributed by atoms with Crippen LogP contribution in [0.15, 0.2) is 90.0 Å². The van der Waals surface area contributed by atoms with Gasteiger partial charge in [0.05, 0.1) is 25.5 Å². The Hall–Kier alpha value is -4.65. The monoisotopic (exact) mass is 482 g/mol. The summed E-state index contributed by atoms with van der Waals surface area (Å²) in [6.07, 6.45) is 2.40. The lowest BCUT2D eigenvalue weighted by molar-refractivity contribution is 0.0729. The Morgan fingerprint density at radius 2 is 1.69 bits per heavy atom. The first kappa shape index (κ1) is 24.5. The molecule has 182 valence electrons. The molecule has 0 heterocycles. The maximum atomic E-state index is 12.6. The molecule has 0 aliphatic carbocycles. The number of hydrogen-bond acceptors (Lipinski definition) is 6. The smallest absolute Gasteiger partial charge is 0.343 e. The van der Waals surface area contributed by atoms with Gasteiger partial charge in [0.15, 0.2) is 11.5 Å². The Morgan fingerprint density at radius 1 is 0.917 bits per heavy atom. The number of nitrogens with one attached hydrogen (secondary N) is 1. The quantitative estimate of drug-likeness (QED) is 0.145. The zero-order valence-electron chi connectivity index (χ0n) is 20.1. The number of nitrogens with zero attached hydrogens (tertiary/aromatic N) is 1. The van der Waals surface area contributed by atoms with Gasteiger partial charge in [0.2, 0.25) is 0 Å². The number of carbonyl (C=O) groups excluding carboxylic acids is 2. The van der Waals surface area contributed by atoms with Gasteiger partial charge in [-0.25, -0.2) is 10.2 Å². The second kappa shape index (κ2) is 11.7. The molecule has 0 radical (unpaired) electrons. The minimum absolute atomic E-state index is 0.269. The standard InChI is InChI=1S/C29H26N2O5/c1-3-17-35-23-14-12-22(13-15-23)29(33)36-26-16-11-20(18-27(26)34-2)19-30-31-28(32)25-10-6-8-21-7-4-5-9-24(21)25/h4-16,18-19H,3,17H2,1-2H3,(H,31,32)/b30-19+. The van der Waals surface area contributed by atoms with Gasteiger partial charge >= 0.3 is 5.97 Å². The molecule has 0 aliphatic rings. The maximum absolute atomic E-state index is 12.6. The number of methoxy groups -OCH3 is 1. The molecular formula is C29H26N2O5. The van der Waals surface area contributed by atoms with Crippen molar-refractivity contribution in [2.45, 2.75) is 13.3 Å². The van der Waals surface area contributed by atoms with E-state index in [1.54, 1.807) is 48.5 Å². The SMILES string of the molecule is CCCOc1ccc(C(=O)Oc2ccc(/C=N/NC(=O)c3cccc4ccccc34)cc2OC)cc1. The molecule has 1 amide bonds. The second-order valence-electron chi connectivity index (χ2n) is 7.90. The molecule has 0 aromatic heterocycles. The highest BCUT2D eigenvalue weighted by Gasteiger charge is 2.13. The van der Waals surface area contributed by atoms with Gasteiger partial charge in [-0.2, -0.15) is 5.10 Å². The fourth-order valence-corrected chi connectivity index (χ4v) is 3.56. The van der Waals surface area contributed by atoms with Crippen LogP contribution in [0.4, 0.5) is 0 Å². The molecule has 0 atom stereocenters. The van der Waals surface area contributed by atoms with Gasteiger partial charge in [-0.3, -0.25) is 4.79 Å². The average Bonchev–Trinajstić information content (AvgIpc) is 2.92. The Kier molecular flexibility index (Phi) is 7.93. The molecule has 0 saturated carbocycles. The summed E-state index contributed by atoms with van der Waals surface area (Å²) in [5, 5.41) is 5.90. The third-order valence-corrected chi connectivity index (χ3v) is 5.37. The Balaban J connectivity index is 1.41. The van der Waals surface area contributed by atoms with Crippen molar-refractivity contribution in [1.29, 1.82) is 0 Å². The molecule has 36 heavy (non-hydrogen) atoms. The maximum Gasteiger partial charge on any atom is 0.343 e. The zero-order chi connectivity index (χ0) is 25.3. The summed E-state index contributed by atoms with van der Waals surface area (Å²) in [6, 6.07) is 25.0. The van der Waals surface area contributed by atoms with E-state index >= 15 is 0 Å². The molecule has 0 saturated heterocycles. The number of ether oxygens (including phenoxy) is 3. The van der Waals surface area contributed by atoms with E-state index in [9.17, 15) is 9.59 Å². The highest BCUT2D eigenvalue weighted by atomic mass is 16.6. The van der Waals surface area contributed by atoms with Gasteiger partial charge in [0.25, 0.3) is 5.91 Å². The van der Waals surface area contributed by atoms with Crippen LogP contribution in [-0.4, -0.2) is 31.8 Å². The van der Waals surface area contributed by atoms with Gasteiger partial charge in [0, 0.05) is 5.56 Å². The number of rotatable bonds is 9. The lowest BCUT2D eigenvalue weighted by Crippen LogP contribution is -2.17. The molecule has 4 rings (SSSR count). The average molecular weight is 483 g/mol. The van der Waals surface area contributed by atoms with E-state index in [0.717, 1.165) is 17.2 Å². The summed E-state index contributed by atoms with van der Waals surface area (Å²) in [7, 11) is 1.48. The van der Waals surface area contributed by atoms with Gasteiger partial charge in [-0.05, 0) is 71.3 Å². The second-order valence-corrected chi connectivity index (χ2v) is 7.90. The summed E-state index contributed by atoms with van der Waals surface area (Å²) in [5.41, 5.74) is 4.14. The summed E-state index contributed by atoms with van der Waals surface area (Å²) in [4.78, 5) is 25.2. The van der Waals surface area contributed by atoms with E-state index < -0.39 is 5.97 Å². The summed E-state index contributed by atoms with van der Waals surface area (Å²) < 4.78 is 16.4. The van der Waals surface area contributed by atoms with Crippen LogP contribution in [0, 0.1) is 0 Å². The van der Waals surface area contributed by atoms with E-state index in [1.165, 1.54) is 13.3 Å². The Labute approximate surface area is 209 Å². The molecule has 0 aliphatic heterocycles. The number of fused-ring (bicyclic) bond motifs is 1. The van der Waals surface area contributed by atoms with E-state index in [2.05, 4.69) is 10.5 Å². The molecule has 4 aromatic rings. The van der Waals surface area contributed by atoms with E-state index in [4.69, 9.17) is 14.2 Å². The van der Waals surface area contributed by atoms with E-state index in [0.29, 0.717) is 34.8 Å². The minimum Gasteiger partial charge on any atom is -0.494 e. The molecule has 7 heteroatoms. The number of carbonyl (C=O) groups is 2. The third-order valence-electron chi connectivity index (χ3n) is 5.37. The number of amides is 1.